The summed E-state index contributed by atoms with van der Waals surface area (Å²) in [5.74, 6) is 0.238. The van der Waals surface area contributed by atoms with Crippen molar-refractivity contribution in [1.29, 1.82) is 0 Å². The van der Waals surface area contributed by atoms with E-state index in [1.807, 2.05) is 42.5 Å². The van der Waals surface area contributed by atoms with Crippen LogP contribution < -0.4 is 11.1 Å². The Kier molecular flexibility index (Phi) is 14.4. The molecule has 6 heteroatoms. The smallest absolute Gasteiger partial charge is 0.241 e. The summed E-state index contributed by atoms with van der Waals surface area (Å²) in [7, 11) is 0. The van der Waals surface area contributed by atoms with Gasteiger partial charge in [0.1, 0.15) is 6.04 Å². The number of hydrogen-bond donors (Lipinski definition) is 2. The maximum Gasteiger partial charge on any atom is 0.241 e. The summed E-state index contributed by atoms with van der Waals surface area (Å²) in [6.45, 7) is 14.0. The molecule has 0 fully saturated rings. The monoisotopic (exact) mass is 387 g/mol. The molecule has 0 aromatic heterocycles. The highest BCUT2D eigenvalue weighted by Gasteiger charge is 2.22. The van der Waals surface area contributed by atoms with Crippen molar-refractivity contribution in [2.24, 2.45) is 11.7 Å². The molecule has 0 saturated carbocycles. The molecule has 0 saturated heterocycles. The fraction of sp³-hybridized carbons (Fsp3) is 0.421. The second-order valence-electron chi connectivity index (χ2n) is 5.98. The van der Waals surface area contributed by atoms with E-state index in [9.17, 15) is 4.79 Å². The van der Waals surface area contributed by atoms with Crippen molar-refractivity contribution in [3.8, 4) is 0 Å². The van der Waals surface area contributed by atoms with E-state index in [0.29, 0.717) is 12.5 Å². The maximum absolute atomic E-state index is 12.3. The van der Waals surface area contributed by atoms with E-state index in [-0.39, 0.29) is 36.8 Å². The molecule has 0 aliphatic heterocycles. The number of halogens is 2. The minimum atomic E-state index is -0.642. The van der Waals surface area contributed by atoms with Gasteiger partial charge in [0, 0.05) is 25.7 Å². The Bertz CT molecular complexity index is 499. The highest BCUT2D eigenvalue weighted by Crippen LogP contribution is 2.12. The van der Waals surface area contributed by atoms with Crippen LogP contribution in [0.4, 0.5) is 0 Å². The second kappa shape index (κ2) is 13.9. The van der Waals surface area contributed by atoms with E-state index in [2.05, 4.69) is 37.2 Å². The Morgan fingerprint density at radius 3 is 2.12 bits per heavy atom. The first-order valence-electron chi connectivity index (χ1n) is 8.05. The fourth-order valence-electron chi connectivity index (χ4n) is 2.59. The molecule has 0 aliphatic rings. The Morgan fingerprint density at radius 2 is 1.68 bits per heavy atom. The van der Waals surface area contributed by atoms with E-state index in [4.69, 9.17) is 5.73 Å². The van der Waals surface area contributed by atoms with Crippen LogP contribution in [0.2, 0.25) is 0 Å². The van der Waals surface area contributed by atoms with Crippen molar-refractivity contribution in [3.05, 3.63) is 61.2 Å². The van der Waals surface area contributed by atoms with Crippen LogP contribution in [-0.4, -0.2) is 36.5 Å². The summed E-state index contributed by atoms with van der Waals surface area (Å²) in [4.78, 5) is 14.6. The number of nitrogens with two attached hydrogens (primary N) is 1. The SMILES string of the molecule is C=CCN(CC=C)C(CNC(=O)C(N)c1ccccc1)C(C)C.Cl.Cl. The van der Waals surface area contributed by atoms with Crippen LogP contribution in [0.1, 0.15) is 25.5 Å². The molecule has 0 bridgehead atoms. The van der Waals surface area contributed by atoms with Crippen molar-refractivity contribution in [1.82, 2.24) is 10.2 Å². The van der Waals surface area contributed by atoms with Gasteiger partial charge in [-0.25, -0.2) is 0 Å². The minimum absolute atomic E-state index is 0. The number of benzene rings is 1. The predicted octanol–water partition coefficient (Wildman–Crippen LogP) is 3.34. The van der Waals surface area contributed by atoms with Gasteiger partial charge in [-0.3, -0.25) is 9.69 Å². The summed E-state index contributed by atoms with van der Waals surface area (Å²) in [6.07, 6.45) is 3.74. The van der Waals surface area contributed by atoms with E-state index < -0.39 is 6.04 Å². The van der Waals surface area contributed by atoms with Crippen LogP contribution in [-0.2, 0) is 4.79 Å². The van der Waals surface area contributed by atoms with Gasteiger partial charge >= 0.3 is 0 Å². The molecular formula is C19H31Cl2N3O. The van der Waals surface area contributed by atoms with Gasteiger partial charge in [-0.05, 0) is 11.5 Å². The van der Waals surface area contributed by atoms with Crippen LogP contribution >= 0.6 is 24.8 Å². The predicted molar refractivity (Wildman–Crippen MR) is 111 cm³/mol. The van der Waals surface area contributed by atoms with E-state index in [1.54, 1.807) is 0 Å². The van der Waals surface area contributed by atoms with Gasteiger partial charge in [-0.1, -0.05) is 56.3 Å². The number of amides is 1. The number of hydrogen-bond acceptors (Lipinski definition) is 3. The zero-order valence-corrected chi connectivity index (χ0v) is 16.7. The highest BCUT2D eigenvalue weighted by atomic mass is 35.5. The summed E-state index contributed by atoms with van der Waals surface area (Å²) in [5.41, 5.74) is 6.86. The van der Waals surface area contributed by atoms with Gasteiger partial charge in [-0.15, -0.1) is 38.0 Å². The van der Waals surface area contributed by atoms with Crippen molar-refractivity contribution in [2.75, 3.05) is 19.6 Å². The van der Waals surface area contributed by atoms with Crippen molar-refractivity contribution in [2.45, 2.75) is 25.9 Å². The molecule has 0 radical (unpaired) electrons. The lowest BCUT2D eigenvalue weighted by molar-refractivity contribution is -0.122. The first-order chi connectivity index (χ1) is 11.0. The lowest BCUT2D eigenvalue weighted by Crippen LogP contribution is -2.48. The van der Waals surface area contributed by atoms with Crippen LogP contribution in [0.25, 0.3) is 0 Å². The number of rotatable bonds is 10. The summed E-state index contributed by atoms with van der Waals surface area (Å²) in [6, 6.07) is 8.97. The molecule has 1 aromatic rings. The standard InChI is InChI=1S/C19H29N3O.2ClH/c1-5-12-22(13-6-2)17(15(3)4)14-21-19(23)18(20)16-10-8-7-9-11-16;;/h5-11,15,17-18H,1-2,12-14,20H2,3-4H3,(H,21,23);2*1H. The molecule has 25 heavy (non-hydrogen) atoms. The Morgan fingerprint density at radius 1 is 1.16 bits per heavy atom. The van der Waals surface area contributed by atoms with Crippen LogP contribution in [0.5, 0.6) is 0 Å². The minimum Gasteiger partial charge on any atom is -0.353 e. The molecule has 0 spiro atoms. The number of nitrogens with zero attached hydrogens (tertiary/aromatic N) is 1. The lowest BCUT2D eigenvalue weighted by atomic mass is 10.0. The largest absolute Gasteiger partial charge is 0.353 e. The first kappa shape index (κ1) is 25.9. The average Bonchev–Trinajstić information content (AvgIpc) is 2.55. The average molecular weight is 388 g/mol. The van der Waals surface area contributed by atoms with Crippen LogP contribution in [0.3, 0.4) is 0 Å². The summed E-state index contributed by atoms with van der Waals surface area (Å²) in [5, 5.41) is 2.99. The summed E-state index contributed by atoms with van der Waals surface area (Å²) < 4.78 is 0. The molecule has 2 unspecified atom stereocenters. The Labute approximate surface area is 164 Å². The van der Waals surface area contributed by atoms with Gasteiger partial charge in [-0.2, -0.15) is 0 Å². The maximum atomic E-state index is 12.3. The van der Waals surface area contributed by atoms with Gasteiger partial charge in [0.25, 0.3) is 0 Å². The molecule has 3 N–H and O–H groups in total. The van der Waals surface area contributed by atoms with Gasteiger partial charge < -0.3 is 11.1 Å². The fourth-order valence-corrected chi connectivity index (χ4v) is 2.59. The number of nitrogens with one attached hydrogen (secondary N) is 1. The summed E-state index contributed by atoms with van der Waals surface area (Å²) >= 11 is 0. The lowest BCUT2D eigenvalue weighted by Gasteiger charge is -2.33. The van der Waals surface area contributed by atoms with E-state index in [1.165, 1.54) is 0 Å². The van der Waals surface area contributed by atoms with Crippen LogP contribution in [0.15, 0.2) is 55.6 Å². The quantitative estimate of drug-likeness (QED) is 0.605. The van der Waals surface area contributed by atoms with Crippen molar-refractivity contribution in [3.63, 3.8) is 0 Å². The Hall–Kier alpha value is -1.33. The molecule has 1 aromatic carbocycles. The van der Waals surface area contributed by atoms with E-state index >= 15 is 0 Å². The molecule has 4 nitrogen and oxygen atoms in total. The molecule has 2 atom stereocenters. The van der Waals surface area contributed by atoms with Gasteiger partial charge in [0.05, 0.1) is 0 Å². The van der Waals surface area contributed by atoms with Crippen LogP contribution in [0, 0.1) is 5.92 Å². The third kappa shape index (κ3) is 8.54. The Balaban J connectivity index is 0. The highest BCUT2D eigenvalue weighted by molar-refractivity contribution is 5.85. The van der Waals surface area contributed by atoms with E-state index in [0.717, 1.165) is 18.7 Å². The van der Waals surface area contributed by atoms with Crippen molar-refractivity contribution >= 4 is 30.7 Å². The topological polar surface area (TPSA) is 58.4 Å². The third-order valence-electron chi connectivity index (χ3n) is 3.89. The number of carbonyl (C=O) groups excluding carboxylic acids is 1. The number of carbonyl (C=O) groups is 1. The third-order valence-corrected chi connectivity index (χ3v) is 3.89. The second-order valence-corrected chi connectivity index (χ2v) is 5.98. The van der Waals surface area contributed by atoms with Crippen molar-refractivity contribution < 1.29 is 4.79 Å². The first-order valence-corrected chi connectivity index (χ1v) is 8.05. The normalized spacial score (nSPS) is 12.5. The molecular weight excluding hydrogens is 357 g/mol. The molecule has 142 valence electrons. The molecule has 1 amide bonds. The zero-order valence-electron chi connectivity index (χ0n) is 15.1. The molecule has 0 heterocycles. The zero-order chi connectivity index (χ0) is 17.2. The molecule has 1 rings (SSSR count). The van der Waals surface area contributed by atoms with Gasteiger partial charge in [0.2, 0.25) is 5.91 Å². The molecule has 0 aliphatic carbocycles. The van der Waals surface area contributed by atoms with Gasteiger partial charge in [0.15, 0.2) is 0 Å².